The molecule has 7 heteroatoms. The van der Waals surface area contributed by atoms with E-state index in [0.29, 0.717) is 17.6 Å². The molecule has 1 aromatic rings. The molecule has 0 unspecified atom stereocenters. The van der Waals surface area contributed by atoms with Crippen molar-refractivity contribution in [3.8, 4) is 0 Å². The van der Waals surface area contributed by atoms with Crippen LogP contribution >= 0.6 is 27.7 Å². The molecule has 4 nitrogen and oxygen atoms in total. The summed E-state index contributed by atoms with van der Waals surface area (Å²) in [6.07, 6.45) is 0. The molecule has 2 rings (SSSR count). The second-order valence-electron chi connectivity index (χ2n) is 3.98. The summed E-state index contributed by atoms with van der Waals surface area (Å²) in [7, 11) is 0. The Kier molecular flexibility index (Phi) is 4.81. The van der Waals surface area contributed by atoms with E-state index in [0.717, 1.165) is 11.5 Å². The van der Waals surface area contributed by atoms with Crippen molar-refractivity contribution in [3.63, 3.8) is 0 Å². The van der Waals surface area contributed by atoms with Crippen molar-refractivity contribution in [3.05, 3.63) is 28.5 Å². The van der Waals surface area contributed by atoms with Crippen LogP contribution in [0.1, 0.15) is 0 Å². The van der Waals surface area contributed by atoms with Gasteiger partial charge < -0.3 is 10.2 Å². The van der Waals surface area contributed by atoms with Crippen molar-refractivity contribution in [1.82, 2.24) is 4.90 Å². The fourth-order valence-corrected chi connectivity index (χ4v) is 2.94. The highest BCUT2D eigenvalue weighted by molar-refractivity contribution is 9.10. The normalized spacial score (nSPS) is 15.2. The summed E-state index contributed by atoms with van der Waals surface area (Å²) in [6.45, 7) is 1.11. The Morgan fingerprint density at radius 2 is 2.00 bits per heavy atom. The van der Waals surface area contributed by atoms with Gasteiger partial charge in [-0.2, -0.15) is 11.8 Å². The number of thioether (sulfide) groups is 1. The van der Waals surface area contributed by atoms with Gasteiger partial charge in [0.05, 0.1) is 5.69 Å². The molecule has 1 fully saturated rings. The topological polar surface area (TPSA) is 49.4 Å². The first kappa shape index (κ1) is 14.3. The quantitative estimate of drug-likeness (QED) is 0.792. The molecule has 0 aliphatic carbocycles. The lowest BCUT2D eigenvalue weighted by Gasteiger charge is -2.25. The molecule has 19 heavy (non-hydrogen) atoms. The van der Waals surface area contributed by atoms with Crippen LogP contribution in [0, 0.1) is 5.82 Å². The number of hydrogen-bond donors (Lipinski definition) is 1. The number of nitrogens with zero attached hydrogens (tertiary/aromatic N) is 1. The molecule has 0 atom stereocenters. The first-order chi connectivity index (χ1) is 9.08. The zero-order chi connectivity index (χ0) is 13.8. The Labute approximate surface area is 122 Å². The van der Waals surface area contributed by atoms with Crippen LogP contribution in [0.2, 0.25) is 0 Å². The van der Waals surface area contributed by atoms with E-state index in [1.165, 1.54) is 23.1 Å². The number of rotatable bonds is 1. The Morgan fingerprint density at radius 1 is 1.32 bits per heavy atom. The smallest absolute Gasteiger partial charge is 0.313 e. The minimum absolute atomic E-state index is 0.000825. The lowest BCUT2D eigenvalue weighted by Crippen LogP contribution is -2.44. The highest BCUT2D eigenvalue weighted by Gasteiger charge is 2.24. The van der Waals surface area contributed by atoms with E-state index < -0.39 is 17.6 Å². The van der Waals surface area contributed by atoms with E-state index in [1.54, 1.807) is 11.8 Å². The molecule has 1 aromatic carbocycles. The van der Waals surface area contributed by atoms with E-state index in [4.69, 9.17) is 0 Å². The van der Waals surface area contributed by atoms with Gasteiger partial charge in [0.1, 0.15) is 5.82 Å². The van der Waals surface area contributed by atoms with Crippen LogP contribution in [0.25, 0.3) is 0 Å². The van der Waals surface area contributed by atoms with E-state index in [-0.39, 0.29) is 5.69 Å². The molecule has 0 aromatic heterocycles. The van der Waals surface area contributed by atoms with Gasteiger partial charge in [-0.25, -0.2) is 4.39 Å². The van der Waals surface area contributed by atoms with Crippen molar-refractivity contribution in [2.75, 3.05) is 29.9 Å². The first-order valence-electron chi connectivity index (χ1n) is 5.71. The highest BCUT2D eigenvalue weighted by atomic mass is 79.9. The molecular formula is C12H12BrFN2O2S. The number of benzene rings is 1. The summed E-state index contributed by atoms with van der Waals surface area (Å²) < 4.78 is 14.1. The summed E-state index contributed by atoms with van der Waals surface area (Å²) in [5.41, 5.74) is -0.000825. The number of carbonyl (C=O) groups is 2. The molecular weight excluding hydrogens is 335 g/mol. The summed E-state index contributed by atoms with van der Waals surface area (Å²) in [5, 5.41) is 2.31. The second-order valence-corrected chi connectivity index (χ2v) is 6.12. The summed E-state index contributed by atoms with van der Waals surface area (Å²) in [4.78, 5) is 25.1. The molecule has 1 aliphatic rings. The monoisotopic (exact) mass is 346 g/mol. The van der Waals surface area contributed by atoms with Gasteiger partial charge >= 0.3 is 11.8 Å². The van der Waals surface area contributed by atoms with E-state index >= 15 is 0 Å². The van der Waals surface area contributed by atoms with Gasteiger partial charge in [-0.3, -0.25) is 9.59 Å². The van der Waals surface area contributed by atoms with Crippen LogP contribution < -0.4 is 5.32 Å². The molecule has 102 valence electrons. The predicted octanol–water partition coefficient (Wildman–Crippen LogP) is 2.10. The van der Waals surface area contributed by atoms with E-state index in [1.807, 2.05) is 0 Å². The van der Waals surface area contributed by atoms with Crippen LogP contribution in [0.4, 0.5) is 10.1 Å². The largest absolute Gasteiger partial charge is 0.333 e. The van der Waals surface area contributed by atoms with Gasteiger partial charge in [-0.15, -0.1) is 0 Å². The number of carbonyl (C=O) groups excluding carboxylic acids is 2. The summed E-state index contributed by atoms with van der Waals surface area (Å²) >= 11 is 4.93. The van der Waals surface area contributed by atoms with Gasteiger partial charge in [0.15, 0.2) is 0 Å². The maximum Gasteiger partial charge on any atom is 0.313 e. The zero-order valence-corrected chi connectivity index (χ0v) is 12.4. The van der Waals surface area contributed by atoms with Gasteiger partial charge in [0.2, 0.25) is 0 Å². The summed E-state index contributed by atoms with van der Waals surface area (Å²) in [6, 6.07) is 4.17. The molecule has 2 amide bonds. The minimum atomic E-state index is -0.802. The lowest BCUT2D eigenvalue weighted by atomic mass is 10.3. The minimum Gasteiger partial charge on any atom is -0.333 e. The molecule has 1 aliphatic heterocycles. The number of halogens is 2. The fraction of sp³-hybridized carbons (Fsp3) is 0.333. The molecule has 0 saturated carbocycles. The second kappa shape index (κ2) is 6.38. The van der Waals surface area contributed by atoms with Crippen LogP contribution in [-0.2, 0) is 9.59 Å². The Hall–Kier alpha value is -1.08. The molecule has 0 bridgehead atoms. The van der Waals surface area contributed by atoms with Crippen molar-refractivity contribution in [2.24, 2.45) is 0 Å². The molecule has 1 saturated heterocycles. The van der Waals surface area contributed by atoms with Gasteiger partial charge in [-0.05, 0) is 18.2 Å². The standard InChI is InChI=1S/C12H12BrFN2O2S/c13-8-1-2-9(14)10(7-8)15-11(17)12(18)16-3-5-19-6-4-16/h1-2,7H,3-6H2,(H,15,17). The molecule has 0 spiro atoms. The van der Waals surface area contributed by atoms with Crippen molar-refractivity contribution >= 4 is 45.2 Å². The summed E-state index contributed by atoms with van der Waals surface area (Å²) in [5.74, 6) is -0.337. The Morgan fingerprint density at radius 3 is 2.68 bits per heavy atom. The van der Waals surface area contributed by atoms with E-state index in [2.05, 4.69) is 21.2 Å². The third-order valence-corrected chi connectivity index (χ3v) is 4.10. The van der Waals surface area contributed by atoms with Gasteiger partial charge in [0, 0.05) is 29.1 Å². The van der Waals surface area contributed by atoms with Crippen LogP contribution in [0.3, 0.4) is 0 Å². The van der Waals surface area contributed by atoms with Gasteiger partial charge in [0.25, 0.3) is 0 Å². The van der Waals surface area contributed by atoms with E-state index in [9.17, 15) is 14.0 Å². The third kappa shape index (κ3) is 3.70. The van der Waals surface area contributed by atoms with Gasteiger partial charge in [-0.1, -0.05) is 15.9 Å². The zero-order valence-electron chi connectivity index (χ0n) is 9.99. The van der Waals surface area contributed by atoms with Crippen molar-refractivity contribution in [1.29, 1.82) is 0 Å². The predicted molar refractivity (Wildman–Crippen MR) is 76.6 cm³/mol. The number of anilines is 1. The lowest BCUT2D eigenvalue weighted by molar-refractivity contribution is -0.142. The average Bonchev–Trinajstić information content (AvgIpc) is 2.43. The molecule has 0 radical (unpaired) electrons. The SMILES string of the molecule is O=C(Nc1cc(Br)ccc1F)C(=O)N1CCSCC1. The number of nitrogens with one attached hydrogen (secondary N) is 1. The highest BCUT2D eigenvalue weighted by Crippen LogP contribution is 2.20. The van der Waals surface area contributed by atoms with Crippen LogP contribution in [-0.4, -0.2) is 41.3 Å². The van der Waals surface area contributed by atoms with Crippen molar-refractivity contribution < 1.29 is 14.0 Å². The maximum absolute atomic E-state index is 13.5. The molecule has 1 heterocycles. The Bertz CT molecular complexity index is 507. The number of hydrogen-bond acceptors (Lipinski definition) is 3. The molecule has 1 N–H and O–H groups in total. The Balaban J connectivity index is 2.03. The number of amides is 2. The van der Waals surface area contributed by atoms with Crippen LogP contribution in [0.15, 0.2) is 22.7 Å². The fourth-order valence-electron chi connectivity index (χ4n) is 1.68. The maximum atomic E-state index is 13.5. The van der Waals surface area contributed by atoms with Crippen molar-refractivity contribution in [2.45, 2.75) is 0 Å². The first-order valence-corrected chi connectivity index (χ1v) is 7.66. The third-order valence-electron chi connectivity index (χ3n) is 2.67. The van der Waals surface area contributed by atoms with Crippen LogP contribution in [0.5, 0.6) is 0 Å². The average molecular weight is 347 g/mol.